The molecule has 0 aromatic heterocycles. The third kappa shape index (κ3) is 3.30. The van der Waals surface area contributed by atoms with Crippen LogP contribution in [-0.4, -0.2) is 11.0 Å². The minimum absolute atomic E-state index is 0.114. The second-order valence-electron chi connectivity index (χ2n) is 3.99. The topological polar surface area (TPSA) is 58.6 Å². The zero-order valence-electron chi connectivity index (χ0n) is 10.3. The average molecular weight is 337 g/mol. The smallest absolute Gasteiger partial charge is 0.171 e. The second-order valence-corrected chi connectivity index (χ2v) is 5.99. The van der Waals surface area contributed by atoms with Gasteiger partial charge >= 0.3 is 0 Å². The quantitative estimate of drug-likeness (QED) is 0.385. The van der Waals surface area contributed by atoms with Crippen LogP contribution in [0.25, 0.3) is 0 Å². The van der Waals surface area contributed by atoms with E-state index in [1.54, 1.807) is 11.8 Å². The highest BCUT2D eigenvalue weighted by Crippen LogP contribution is 2.34. The van der Waals surface area contributed by atoms with Crippen LogP contribution in [0.2, 0.25) is 0 Å². The van der Waals surface area contributed by atoms with E-state index in [9.17, 15) is 0 Å². The molecule has 0 atom stereocenters. The number of aryl methyl sites for hydroxylation is 1. The minimum Gasteiger partial charge on any atom is -0.409 e. The molecule has 0 aliphatic heterocycles. The number of rotatable bonds is 3. The van der Waals surface area contributed by atoms with Crippen LogP contribution in [-0.2, 0) is 0 Å². The lowest BCUT2D eigenvalue weighted by Crippen LogP contribution is -2.14. The van der Waals surface area contributed by atoms with E-state index in [1.165, 1.54) is 5.56 Å². The molecule has 0 amide bonds. The lowest BCUT2D eigenvalue weighted by Gasteiger charge is -2.10. The van der Waals surface area contributed by atoms with Crippen molar-refractivity contribution in [2.24, 2.45) is 10.9 Å². The van der Waals surface area contributed by atoms with Gasteiger partial charge in [0.1, 0.15) is 0 Å². The molecule has 3 N–H and O–H groups in total. The third-order valence-corrected chi connectivity index (χ3v) is 4.37. The lowest BCUT2D eigenvalue weighted by molar-refractivity contribution is 0.318. The molecule has 19 heavy (non-hydrogen) atoms. The van der Waals surface area contributed by atoms with E-state index in [1.807, 2.05) is 30.3 Å². The summed E-state index contributed by atoms with van der Waals surface area (Å²) in [7, 11) is 0. The molecule has 0 saturated carbocycles. The van der Waals surface area contributed by atoms with E-state index in [0.717, 1.165) is 19.8 Å². The van der Waals surface area contributed by atoms with Gasteiger partial charge in [-0.3, -0.25) is 0 Å². The lowest BCUT2D eigenvalue weighted by atomic mass is 10.2. The third-order valence-electron chi connectivity index (χ3n) is 2.64. The Kier molecular flexibility index (Phi) is 4.50. The molecule has 3 nitrogen and oxygen atoms in total. The highest BCUT2D eigenvalue weighted by molar-refractivity contribution is 9.10. The summed E-state index contributed by atoms with van der Waals surface area (Å²) in [5, 5.41) is 11.9. The molecule has 0 radical (unpaired) electrons. The van der Waals surface area contributed by atoms with Crippen molar-refractivity contribution in [3.05, 3.63) is 58.1 Å². The summed E-state index contributed by atoms with van der Waals surface area (Å²) in [6.45, 7) is 2.06. The van der Waals surface area contributed by atoms with Crippen molar-refractivity contribution in [2.45, 2.75) is 16.7 Å². The Morgan fingerprint density at radius 3 is 2.63 bits per heavy atom. The van der Waals surface area contributed by atoms with Gasteiger partial charge in [-0.2, -0.15) is 0 Å². The zero-order chi connectivity index (χ0) is 13.8. The van der Waals surface area contributed by atoms with Gasteiger partial charge in [0.15, 0.2) is 5.84 Å². The molecule has 0 aliphatic rings. The fraction of sp³-hybridized carbons (Fsp3) is 0.0714. The van der Waals surface area contributed by atoms with Gasteiger partial charge in [0.05, 0.1) is 0 Å². The number of hydrogen-bond acceptors (Lipinski definition) is 3. The Morgan fingerprint density at radius 2 is 1.95 bits per heavy atom. The van der Waals surface area contributed by atoms with Crippen LogP contribution < -0.4 is 5.73 Å². The van der Waals surface area contributed by atoms with Crippen molar-refractivity contribution in [3.8, 4) is 0 Å². The first-order valence-electron chi connectivity index (χ1n) is 5.62. The predicted octanol–water partition coefficient (Wildman–Crippen LogP) is 4.00. The first kappa shape index (κ1) is 14.0. The normalized spacial score (nSPS) is 11.6. The number of halogens is 1. The molecular formula is C14H13BrN2OS. The maximum Gasteiger partial charge on any atom is 0.171 e. The van der Waals surface area contributed by atoms with Gasteiger partial charge in [0.2, 0.25) is 0 Å². The van der Waals surface area contributed by atoms with Crippen molar-refractivity contribution < 1.29 is 5.21 Å². The molecule has 0 unspecified atom stereocenters. The minimum atomic E-state index is 0.114. The first-order valence-corrected chi connectivity index (χ1v) is 7.23. The van der Waals surface area contributed by atoms with Crippen molar-refractivity contribution in [1.82, 2.24) is 0 Å². The van der Waals surface area contributed by atoms with E-state index in [0.29, 0.717) is 0 Å². The predicted molar refractivity (Wildman–Crippen MR) is 82.0 cm³/mol. The summed E-state index contributed by atoms with van der Waals surface area (Å²) in [5.74, 6) is 0.114. The second kappa shape index (κ2) is 6.12. The molecule has 2 rings (SSSR count). The maximum atomic E-state index is 8.84. The van der Waals surface area contributed by atoms with Gasteiger partial charge in [-0.15, -0.1) is 0 Å². The molecule has 0 saturated heterocycles. The van der Waals surface area contributed by atoms with Gasteiger partial charge < -0.3 is 10.9 Å². The van der Waals surface area contributed by atoms with Crippen LogP contribution in [0.4, 0.5) is 0 Å². The van der Waals surface area contributed by atoms with Crippen LogP contribution in [0, 0.1) is 6.92 Å². The largest absolute Gasteiger partial charge is 0.409 e. The molecule has 5 heteroatoms. The summed E-state index contributed by atoms with van der Waals surface area (Å²) in [4.78, 5) is 2.09. The van der Waals surface area contributed by atoms with Crippen molar-refractivity contribution in [3.63, 3.8) is 0 Å². The Hall–Kier alpha value is -1.46. The number of oxime groups is 1. The summed E-state index contributed by atoms with van der Waals surface area (Å²) in [6, 6.07) is 13.8. The highest BCUT2D eigenvalue weighted by Gasteiger charge is 2.10. The van der Waals surface area contributed by atoms with E-state index in [4.69, 9.17) is 10.9 Å². The molecular weight excluding hydrogens is 324 g/mol. The fourth-order valence-corrected chi connectivity index (χ4v) is 3.23. The van der Waals surface area contributed by atoms with Crippen molar-refractivity contribution in [1.29, 1.82) is 0 Å². The first-order chi connectivity index (χ1) is 9.11. The monoisotopic (exact) mass is 336 g/mol. The summed E-state index contributed by atoms with van der Waals surface area (Å²) < 4.78 is 0.957. The van der Waals surface area contributed by atoms with Crippen molar-refractivity contribution >= 4 is 33.5 Å². The molecule has 2 aromatic carbocycles. The number of nitrogens with zero attached hydrogens (tertiary/aromatic N) is 1. The van der Waals surface area contributed by atoms with E-state index >= 15 is 0 Å². The molecule has 0 spiro atoms. The Bertz CT molecular complexity index is 629. The maximum absolute atomic E-state index is 8.84. The van der Waals surface area contributed by atoms with Crippen LogP contribution in [0.5, 0.6) is 0 Å². The Morgan fingerprint density at radius 1 is 1.21 bits per heavy atom. The molecule has 0 heterocycles. The van der Waals surface area contributed by atoms with Gasteiger partial charge in [-0.1, -0.05) is 51.0 Å². The van der Waals surface area contributed by atoms with Gasteiger partial charge in [-0.25, -0.2) is 0 Å². The van der Waals surface area contributed by atoms with Crippen LogP contribution in [0.1, 0.15) is 11.1 Å². The van der Waals surface area contributed by atoms with Crippen LogP contribution in [0.15, 0.2) is 61.9 Å². The molecule has 0 bridgehead atoms. The van der Waals surface area contributed by atoms with Crippen molar-refractivity contribution in [2.75, 3.05) is 0 Å². The van der Waals surface area contributed by atoms with E-state index < -0.39 is 0 Å². The highest BCUT2D eigenvalue weighted by atomic mass is 79.9. The van der Waals surface area contributed by atoms with Gasteiger partial charge in [-0.05, 0) is 36.8 Å². The Balaban J connectivity index is 2.44. The average Bonchev–Trinajstić information content (AvgIpc) is 2.41. The molecule has 0 aliphatic carbocycles. The number of hydrogen-bond donors (Lipinski definition) is 2. The van der Waals surface area contributed by atoms with Crippen LogP contribution >= 0.6 is 27.7 Å². The molecule has 98 valence electrons. The Labute approximate surface area is 124 Å². The van der Waals surface area contributed by atoms with E-state index in [-0.39, 0.29) is 5.84 Å². The molecule has 0 fully saturated rings. The zero-order valence-corrected chi connectivity index (χ0v) is 12.7. The SMILES string of the molecule is Cc1ccccc1Sc1cc(Br)ccc1/C(N)=N/O. The summed E-state index contributed by atoms with van der Waals surface area (Å²) in [6.07, 6.45) is 0. The summed E-state index contributed by atoms with van der Waals surface area (Å²) >= 11 is 5.04. The van der Waals surface area contributed by atoms with Crippen LogP contribution in [0.3, 0.4) is 0 Å². The van der Waals surface area contributed by atoms with E-state index in [2.05, 4.69) is 40.1 Å². The summed E-state index contributed by atoms with van der Waals surface area (Å²) in [5.41, 5.74) is 7.62. The fourth-order valence-electron chi connectivity index (χ4n) is 1.64. The number of amidine groups is 1. The standard InChI is InChI=1S/C14H13BrN2OS/c1-9-4-2-3-5-12(9)19-13-8-10(15)6-7-11(13)14(16)17-18/h2-8,18H,1H3,(H2,16,17). The number of nitrogens with two attached hydrogens (primary N) is 1. The number of benzene rings is 2. The van der Waals surface area contributed by atoms with Gasteiger partial charge in [0, 0.05) is 19.8 Å². The molecule has 2 aromatic rings. The van der Waals surface area contributed by atoms with Gasteiger partial charge in [0.25, 0.3) is 0 Å².